The van der Waals surface area contributed by atoms with E-state index in [1.807, 2.05) is 0 Å². The van der Waals surface area contributed by atoms with Crippen LogP contribution in [0.25, 0.3) is 0 Å². The first-order valence-corrected chi connectivity index (χ1v) is 5.67. The fourth-order valence-electron chi connectivity index (χ4n) is 1.24. The van der Waals surface area contributed by atoms with Gasteiger partial charge >= 0.3 is 5.97 Å². The zero-order chi connectivity index (χ0) is 14.1. The van der Waals surface area contributed by atoms with Crippen LogP contribution in [-0.2, 0) is 9.53 Å². The van der Waals surface area contributed by atoms with Crippen LogP contribution in [0.15, 0.2) is 41.9 Å². The Labute approximate surface area is 110 Å². The molecule has 6 nitrogen and oxygen atoms in total. The van der Waals surface area contributed by atoms with E-state index in [9.17, 15) is 14.9 Å². The van der Waals surface area contributed by atoms with Gasteiger partial charge in [-0.3, -0.25) is 15.1 Å². The van der Waals surface area contributed by atoms with Gasteiger partial charge in [0, 0.05) is 37.4 Å². The lowest BCUT2D eigenvalue weighted by molar-refractivity contribution is -0.384. The number of hydrogen-bond acceptors (Lipinski definition) is 5. The minimum atomic E-state index is -0.450. The van der Waals surface area contributed by atoms with Crippen molar-refractivity contribution in [3.63, 3.8) is 0 Å². The Kier molecular flexibility index (Phi) is 5.94. The van der Waals surface area contributed by atoms with Crippen molar-refractivity contribution < 1.29 is 14.5 Å². The summed E-state index contributed by atoms with van der Waals surface area (Å²) in [4.78, 5) is 24.8. The average molecular weight is 262 g/mol. The van der Waals surface area contributed by atoms with Crippen molar-refractivity contribution in [3.05, 3.63) is 52.6 Å². The molecule has 6 heteroatoms. The van der Waals surface area contributed by atoms with Gasteiger partial charge in [-0.2, -0.15) is 0 Å². The second kappa shape index (κ2) is 7.75. The standard InChI is InChI=1S/C13H14N2O4/c1-2-13(16)19-9-3-8-14-10-11-4-6-12(7-5-11)15(17)18/h2,4-7,10H,1,3,8-9H2. The minimum absolute atomic E-state index is 0.0495. The zero-order valence-electron chi connectivity index (χ0n) is 10.3. The van der Waals surface area contributed by atoms with Gasteiger partial charge in [0.1, 0.15) is 0 Å². The molecule has 0 aromatic heterocycles. The number of non-ortho nitro benzene ring substituents is 1. The van der Waals surface area contributed by atoms with E-state index in [4.69, 9.17) is 4.74 Å². The summed E-state index contributed by atoms with van der Waals surface area (Å²) in [6.45, 7) is 4.09. The van der Waals surface area contributed by atoms with E-state index >= 15 is 0 Å². The lowest BCUT2D eigenvalue weighted by Gasteiger charge is -1.98. The number of nitro benzene ring substituents is 1. The Bertz CT molecular complexity index is 480. The van der Waals surface area contributed by atoms with Crippen molar-refractivity contribution in [1.82, 2.24) is 0 Å². The monoisotopic (exact) mass is 262 g/mol. The lowest BCUT2D eigenvalue weighted by Crippen LogP contribution is -2.02. The summed E-state index contributed by atoms with van der Waals surface area (Å²) in [7, 11) is 0. The summed E-state index contributed by atoms with van der Waals surface area (Å²) >= 11 is 0. The van der Waals surface area contributed by atoms with Crippen LogP contribution in [-0.4, -0.2) is 30.3 Å². The number of carbonyl (C=O) groups excluding carboxylic acids is 1. The highest BCUT2D eigenvalue weighted by atomic mass is 16.6. The number of esters is 1. The highest BCUT2D eigenvalue weighted by Gasteiger charge is 2.02. The average Bonchev–Trinajstić information content (AvgIpc) is 2.42. The predicted molar refractivity (Wildman–Crippen MR) is 71.3 cm³/mol. The molecule has 0 radical (unpaired) electrons. The number of hydrogen-bond donors (Lipinski definition) is 0. The number of nitro groups is 1. The number of nitrogens with zero attached hydrogens (tertiary/aromatic N) is 2. The van der Waals surface area contributed by atoms with Gasteiger partial charge in [0.2, 0.25) is 0 Å². The van der Waals surface area contributed by atoms with Crippen LogP contribution in [0.4, 0.5) is 5.69 Å². The Morgan fingerprint density at radius 1 is 1.42 bits per heavy atom. The fraction of sp³-hybridized carbons (Fsp3) is 0.231. The summed E-state index contributed by atoms with van der Waals surface area (Å²) in [6.07, 6.45) is 3.35. The van der Waals surface area contributed by atoms with Crippen molar-refractivity contribution in [3.8, 4) is 0 Å². The Balaban J connectivity index is 2.30. The molecule has 19 heavy (non-hydrogen) atoms. The summed E-state index contributed by atoms with van der Waals surface area (Å²) in [5, 5.41) is 10.4. The highest BCUT2D eigenvalue weighted by Crippen LogP contribution is 2.10. The van der Waals surface area contributed by atoms with Crippen LogP contribution in [0.3, 0.4) is 0 Å². The Morgan fingerprint density at radius 3 is 2.68 bits per heavy atom. The number of ether oxygens (including phenoxy) is 1. The number of carbonyl (C=O) groups is 1. The smallest absolute Gasteiger partial charge is 0.330 e. The molecule has 0 unspecified atom stereocenters. The van der Waals surface area contributed by atoms with Gasteiger partial charge in [-0.1, -0.05) is 6.58 Å². The molecule has 0 bridgehead atoms. The molecule has 0 N–H and O–H groups in total. The van der Waals surface area contributed by atoms with Crippen molar-refractivity contribution in [2.75, 3.05) is 13.2 Å². The van der Waals surface area contributed by atoms with Crippen LogP contribution < -0.4 is 0 Å². The van der Waals surface area contributed by atoms with Gasteiger partial charge in [0.05, 0.1) is 11.5 Å². The summed E-state index contributed by atoms with van der Waals surface area (Å²) in [5.74, 6) is -0.445. The van der Waals surface area contributed by atoms with E-state index in [0.29, 0.717) is 19.6 Å². The Morgan fingerprint density at radius 2 is 2.11 bits per heavy atom. The number of aliphatic imine (C=N–C) groups is 1. The normalized spacial score (nSPS) is 10.3. The van der Waals surface area contributed by atoms with Crippen molar-refractivity contribution in [2.45, 2.75) is 6.42 Å². The lowest BCUT2D eigenvalue weighted by atomic mass is 10.2. The first-order chi connectivity index (χ1) is 9.13. The molecule has 0 aliphatic heterocycles. The third-order valence-electron chi connectivity index (χ3n) is 2.19. The van der Waals surface area contributed by atoms with Crippen molar-refractivity contribution >= 4 is 17.9 Å². The summed E-state index contributed by atoms with van der Waals surface area (Å²) in [5.41, 5.74) is 0.835. The van der Waals surface area contributed by atoms with Crippen LogP contribution in [0.5, 0.6) is 0 Å². The first kappa shape index (κ1) is 14.6. The molecule has 0 saturated carbocycles. The molecular formula is C13H14N2O4. The van der Waals surface area contributed by atoms with E-state index in [1.54, 1.807) is 18.3 Å². The van der Waals surface area contributed by atoms with Gasteiger partial charge in [-0.15, -0.1) is 0 Å². The maximum atomic E-state index is 10.7. The van der Waals surface area contributed by atoms with Crippen LogP contribution in [0, 0.1) is 10.1 Å². The van der Waals surface area contributed by atoms with E-state index in [1.165, 1.54) is 12.1 Å². The van der Waals surface area contributed by atoms with Gasteiger partial charge < -0.3 is 4.74 Å². The Hall–Kier alpha value is -2.50. The molecule has 0 atom stereocenters. The summed E-state index contributed by atoms with van der Waals surface area (Å²) in [6, 6.07) is 6.10. The quantitative estimate of drug-likeness (QED) is 0.188. The molecule has 0 amide bonds. The SMILES string of the molecule is C=CC(=O)OCCCN=Cc1ccc([N+](=O)[O-])cc1. The molecule has 0 fully saturated rings. The molecule has 1 aromatic carbocycles. The molecule has 0 spiro atoms. The second-order valence-corrected chi connectivity index (χ2v) is 3.61. The molecule has 0 aliphatic carbocycles. The number of rotatable bonds is 7. The van der Waals surface area contributed by atoms with Gasteiger partial charge in [0.25, 0.3) is 5.69 Å². The maximum absolute atomic E-state index is 10.7. The van der Waals surface area contributed by atoms with Gasteiger partial charge in [-0.05, 0) is 17.7 Å². The molecular weight excluding hydrogens is 248 g/mol. The molecule has 1 aromatic rings. The highest BCUT2D eigenvalue weighted by molar-refractivity contribution is 5.81. The van der Waals surface area contributed by atoms with Crippen LogP contribution in [0.2, 0.25) is 0 Å². The topological polar surface area (TPSA) is 81.8 Å². The predicted octanol–water partition coefficient (Wildman–Crippen LogP) is 2.13. The van der Waals surface area contributed by atoms with Crippen LogP contribution in [0.1, 0.15) is 12.0 Å². The molecule has 0 saturated heterocycles. The van der Waals surface area contributed by atoms with Gasteiger partial charge in [-0.25, -0.2) is 4.79 Å². The third-order valence-corrected chi connectivity index (χ3v) is 2.19. The van der Waals surface area contributed by atoms with Crippen molar-refractivity contribution in [2.24, 2.45) is 4.99 Å². The van der Waals surface area contributed by atoms with E-state index in [0.717, 1.165) is 11.6 Å². The second-order valence-electron chi connectivity index (χ2n) is 3.61. The molecule has 1 rings (SSSR count). The fourth-order valence-corrected chi connectivity index (χ4v) is 1.24. The van der Waals surface area contributed by atoms with E-state index in [2.05, 4.69) is 11.6 Å². The zero-order valence-corrected chi connectivity index (χ0v) is 10.3. The van der Waals surface area contributed by atoms with Crippen molar-refractivity contribution in [1.29, 1.82) is 0 Å². The summed E-state index contributed by atoms with van der Waals surface area (Å²) < 4.78 is 4.78. The van der Waals surface area contributed by atoms with E-state index < -0.39 is 10.9 Å². The maximum Gasteiger partial charge on any atom is 0.330 e. The van der Waals surface area contributed by atoms with Crippen LogP contribution >= 0.6 is 0 Å². The minimum Gasteiger partial charge on any atom is -0.462 e. The third kappa shape index (κ3) is 5.58. The van der Waals surface area contributed by atoms with E-state index in [-0.39, 0.29) is 5.69 Å². The van der Waals surface area contributed by atoms with Gasteiger partial charge in [0.15, 0.2) is 0 Å². The molecule has 100 valence electrons. The molecule has 0 aliphatic rings. The largest absolute Gasteiger partial charge is 0.462 e. The molecule has 0 heterocycles. The first-order valence-electron chi connectivity index (χ1n) is 5.67. The number of benzene rings is 1.